The first kappa shape index (κ1) is 8.95. The summed E-state index contributed by atoms with van der Waals surface area (Å²) < 4.78 is 0. The maximum atomic E-state index is 10.9. The van der Waals surface area contributed by atoms with E-state index in [0.717, 1.165) is 0 Å². The van der Waals surface area contributed by atoms with Crippen molar-refractivity contribution in [2.24, 2.45) is 0 Å². The van der Waals surface area contributed by atoms with E-state index in [1.54, 1.807) is 26.8 Å². The van der Waals surface area contributed by atoms with Crippen LogP contribution < -0.4 is 0 Å². The highest BCUT2D eigenvalue weighted by Gasteiger charge is 2.06. The predicted molar refractivity (Wildman–Crippen MR) is 40.8 cm³/mol. The lowest BCUT2D eigenvalue weighted by atomic mass is 10.1. The second-order valence-electron chi connectivity index (χ2n) is 1.97. The van der Waals surface area contributed by atoms with Gasteiger partial charge < -0.3 is 5.11 Å². The van der Waals surface area contributed by atoms with Crippen LogP contribution in [0.5, 0.6) is 0 Å². The van der Waals surface area contributed by atoms with Crippen molar-refractivity contribution in [3.63, 3.8) is 0 Å². The molecule has 1 N–H and O–H groups in total. The van der Waals surface area contributed by atoms with Crippen molar-refractivity contribution in [3.8, 4) is 0 Å². The molecular formula is C8H12O2. The van der Waals surface area contributed by atoms with Crippen molar-refractivity contribution in [1.29, 1.82) is 0 Å². The fraction of sp³-hybridized carbons (Fsp3) is 0.375. The van der Waals surface area contributed by atoms with Gasteiger partial charge >= 0.3 is 0 Å². The molecular weight excluding hydrogens is 128 g/mol. The fourth-order valence-corrected chi connectivity index (χ4v) is 0.464. The Bertz CT molecular complexity index is 167. The lowest BCUT2D eigenvalue weighted by Gasteiger charge is -1.96. The summed E-state index contributed by atoms with van der Waals surface area (Å²) in [6.07, 6.45) is 3.05. The molecule has 0 radical (unpaired) electrons. The molecule has 0 aliphatic heterocycles. The minimum absolute atomic E-state index is 0.185. The van der Waals surface area contributed by atoms with E-state index >= 15 is 0 Å². The number of carbonyl (C=O) groups excluding carboxylic acids is 1. The summed E-state index contributed by atoms with van der Waals surface area (Å²) in [7, 11) is 0. The van der Waals surface area contributed by atoms with Crippen LogP contribution >= 0.6 is 0 Å². The molecule has 0 bridgehead atoms. The smallest absolute Gasteiger partial charge is 0.222 e. The Morgan fingerprint density at radius 1 is 1.30 bits per heavy atom. The van der Waals surface area contributed by atoms with Gasteiger partial charge in [-0.05, 0) is 32.4 Å². The van der Waals surface area contributed by atoms with Crippen molar-refractivity contribution >= 4 is 5.78 Å². The predicted octanol–water partition coefficient (Wildman–Crippen LogP) is 1.98. The zero-order chi connectivity index (χ0) is 8.15. The SMILES string of the molecule is C/C=C(/C)C(=O)/C(O)=C\C. The Morgan fingerprint density at radius 3 is 2.10 bits per heavy atom. The van der Waals surface area contributed by atoms with Crippen LogP contribution in [0.2, 0.25) is 0 Å². The summed E-state index contributed by atoms with van der Waals surface area (Å²) in [6, 6.07) is 0. The normalized spacial score (nSPS) is 13.5. The lowest BCUT2D eigenvalue weighted by Crippen LogP contribution is -2.02. The molecule has 0 saturated heterocycles. The molecule has 0 spiro atoms. The molecule has 0 aliphatic rings. The Labute approximate surface area is 60.9 Å². The number of carbonyl (C=O) groups is 1. The minimum Gasteiger partial charge on any atom is -0.504 e. The third-order valence-corrected chi connectivity index (χ3v) is 1.30. The first-order valence-electron chi connectivity index (χ1n) is 3.16. The van der Waals surface area contributed by atoms with Crippen LogP contribution in [0.4, 0.5) is 0 Å². The zero-order valence-electron chi connectivity index (χ0n) is 6.51. The summed E-state index contributed by atoms with van der Waals surface area (Å²) in [6.45, 7) is 5.05. The highest BCUT2D eigenvalue weighted by molar-refractivity contribution is 6.05. The summed E-state index contributed by atoms with van der Waals surface area (Å²) in [5, 5.41) is 8.90. The molecule has 0 aliphatic carbocycles. The van der Waals surface area contributed by atoms with Crippen molar-refractivity contribution in [1.82, 2.24) is 0 Å². The van der Waals surface area contributed by atoms with Crippen LogP contribution in [0, 0.1) is 0 Å². The standard InChI is InChI=1S/C8H12O2/c1-4-6(3)8(10)7(9)5-2/h4-5,9H,1-3H3/b6-4-,7-5+. The van der Waals surface area contributed by atoms with Gasteiger partial charge in [-0.1, -0.05) is 6.08 Å². The van der Waals surface area contributed by atoms with Gasteiger partial charge in [-0.2, -0.15) is 0 Å². The van der Waals surface area contributed by atoms with Gasteiger partial charge in [-0.15, -0.1) is 0 Å². The van der Waals surface area contributed by atoms with Gasteiger partial charge in [0, 0.05) is 0 Å². The second kappa shape index (κ2) is 3.88. The molecule has 0 atom stereocenters. The molecule has 0 unspecified atom stereocenters. The molecule has 0 rings (SSSR count). The Kier molecular flexibility index (Phi) is 3.47. The Hall–Kier alpha value is -1.05. The summed E-state index contributed by atoms with van der Waals surface area (Å²) >= 11 is 0. The molecule has 0 saturated carbocycles. The molecule has 2 nitrogen and oxygen atoms in total. The molecule has 0 aromatic rings. The number of allylic oxidation sites excluding steroid dienone is 3. The topological polar surface area (TPSA) is 37.3 Å². The van der Waals surface area contributed by atoms with Crippen LogP contribution in [0.1, 0.15) is 20.8 Å². The Morgan fingerprint density at radius 2 is 1.80 bits per heavy atom. The van der Waals surface area contributed by atoms with Gasteiger partial charge in [0.1, 0.15) is 0 Å². The number of hydrogen-bond donors (Lipinski definition) is 1. The first-order valence-corrected chi connectivity index (χ1v) is 3.16. The van der Waals surface area contributed by atoms with Gasteiger partial charge in [-0.25, -0.2) is 0 Å². The van der Waals surface area contributed by atoms with Crippen LogP contribution in [0.3, 0.4) is 0 Å². The molecule has 10 heavy (non-hydrogen) atoms. The molecule has 2 heteroatoms. The van der Waals surface area contributed by atoms with Gasteiger partial charge in [0.05, 0.1) is 0 Å². The highest BCUT2D eigenvalue weighted by Crippen LogP contribution is 2.01. The van der Waals surface area contributed by atoms with Crippen LogP contribution in [0.25, 0.3) is 0 Å². The molecule has 56 valence electrons. The van der Waals surface area contributed by atoms with Gasteiger partial charge in [0.15, 0.2) is 5.76 Å². The third-order valence-electron chi connectivity index (χ3n) is 1.30. The molecule has 0 fully saturated rings. The average molecular weight is 140 g/mol. The largest absolute Gasteiger partial charge is 0.504 e. The van der Waals surface area contributed by atoms with Crippen molar-refractivity contribution in [3.05, 3.63) is 23.5 Å². The Balaban J connectivity index is 4.39. The fourth-order valence-electron chi connectivity index (χ4n) is 0.464. The molecule has 0 heterocycles. The number of Topliss-reactive ketones (excluding diaryl/α,β-unsaturated/α-hetero) is 1. The quantitative estimate of drug-likeness (QED) is 0.470. The van der Waals surface area contributed by atoms with Gasteiger partial charge in [0.2, 0.25) is 5.78 Å². The van der Waals surface area contributed by atoms with E-state index < -0.39 is 0 Å². The number of aliphatic hydroxyl groups is 1. The van der Waals surface area contributed by atoms with E-state index in [4.69, 9.17) is 5.11 Å². The van der Waals surface area contributed by atoms with Crippen LogP contribution in [0.15, 0.2) is 23.5 Å². The number of aliphatic hydroxyl groups excluding tert-OH is 1. The minimum atomic E-state index is -0.301. The van der Waals surface area contributed by atoms with E-state index in [-0.39, 0.29) is 11.5 Å². The number of hydrogen-bond acceptors (Lipinski definition) is 2. The van der Waals surface area contributed by atoms with E-state index in [9.17, 15) is 4.79 Å². The number of ketones is 1. The van der Waals surface area contributed by atoms with Crippen LogP contribution in [-0.4, -0.2) is 10.9 Å². The highest BCUT2D eigenvalue weighted by atomic mass is 16.3. The average Bonchev–Trinajstić information content (AvgIpc) is 2.00. The third kappa shape index (κ3) is 2.05. The van der Waals surface area contributed by atoms with Gasteiger partial charge in [0.25, 0.3) is 0 Å². The maximum Gasteiger partial charge on any atom is 0.222 e. The van der Waals surface area contributed by atoms with Crippen LogP contribution in [-0.2, 0) is 4.79 Å². The molecule has 0 aromatic carbocycles. The molecule has 0 amide bonds. The summed E-state index contributed by atoms with van der Waals surface area (Å²) in [5.74, 6) is -0.486. The maximum absolute atomic E-state index is 10.9. The van der Waals surface area contributed by atoms with E-state index in [1.165, 1.54) is 6.08 Å². The lowest BCUT2D eigenvalue weighted by molar-refractivity contribution is -0.114. The van der Waals surface area contributed by atoms with E-state index in [2.05, 4.69) is 0 Å². The number of rotatable bonds is 2. The van der Waals surface area contributed by atoms with Gasteiger partial charge in [-0.3, -0.25) is 4.79 Å². The van der Waals surface area contributed by atoms with Crippen molar-refractivity contribution in [2.45, 2.75) is 20.8 Å². The van der Waals surface area contributed by atoms with E-state index in [1.807, 2.05) is 0 Å². The van der Waals surface area contributed by atoms with Crippen molar-refractivity contribution < 1.29 is 9.90 Å². The van der Waals surface area contributed by atoms with E-state index in [0.29, 0.717) is 5.57 Å². The summed E-state index contributed by atoms with van der Waals surface area (Å²) in [4.78, 5) is 10.9. The van der Waals surface area contributed by atoms with Crippen molar-refractivity contribution in [2.75, 3.05) is 0 Å². The monoisotopic (exact) mass is 140 g/mol. The first-order chi connectivity index (χ1) is 4.63. The second-order valence-corrected chi connectivity index (χ2v) is 1.97. The summed E-state index contributed by atoms with van der Waals surface area (Å²) in [5.41, 5.74) is 0.565. The molecule has 0 aromatic heterocycles. The zero-order valence-corrected chi connectivity index (χ0v) is 6.51.